The monoisotopic (exact) mass is 183 g/mol. The van der Waals surface area contributed by atoms with E-state index >= 15 is 0 Å². The largest absolute Gasteiger partial charge is 0.619 e. The fraction of sp³-hybridized carbons (Fsp3) is 0. The van der Waals surface area contributed by atoms with Crippen LogP contribution in [0.25, 0.3) is 0 Å². The highest BCUT2D eigenvalue weighted by molar-refractivity contribution is 5.96. The van der Waals surface area contributed by atoms with Gasteiger partial charge in [0.25, 0.3) is 11.6 Å². The van der Waals surface area contributed by atoms with Crippen LogP contribution in [-0.4, -0.2) is 10.8 Å². The lowest BCUT2D eigenvalue weighted by Crippen LogP contribution is -2.28. The van der Waals surface area contributed by atoms with Crippen molar-refractivity contribution in [3.8, 4) is 0 Å². The number of primary amides is 1. The van der Waals surface area contributed by atoms with Crippen LogP contribution >= 0.6 is 0 Å². The van der Waals surface area contributed by atoms with Crippen LogP contribution in [0.2, 0.25) is 0 Å². The molecule has 1 aromatic heterocycles. The van der Waals surface area contributed by atoms with E-state index < -0.39 is 22.1 Å². The van der Waals surface area contributed by atoms with Gasteiger partial charge in [-0.1, -0.05) is 0 Å². The summed E-state index contributed by atoms with van der Waals surface area (Å²) in [7, 11) is 0. The van der Waals surface area contributed by atoms with Gasteiger partial charge in [-0.25, -0.2) is 0 Å². The maximum Gasteiger partial charge on any atom is 0.294 e. The minimum atomic E-state index is -1.00. The van der Waals surface area contributed by atoms with Crippen molar-refractivity contribution in [2.24, 2.45) is 5.73 Å². The van der Waals surface area contributed by atoms with Gasteiger partial charge in [0, 0.05) is 0 Å². The van der Waals surface area contributed by atoms with E-state index in [0.717, 1.165) is 18.5 Å². The number of nitrogens with zero attached hydrogens (tertiary/aromatic N) is 2. The Kier molecular flexibility index (Phi) is 2.09. The number of hydrogen-bond donors (Lipinski definition) is 1. The summed E-state index contributed by atoms with van der Waals surface area (Å²) < 4.78 is 0.271. The zero-order chi connectivity index (χ0) is 10.0. The van der Waals surface area contributed by atoms with Crippen LogP contribution < -0.4 is 10.5 Å². The van der Waals surface area contributed by atoms with Gasteiger partial charge >= 0.3 is 0 Å². The second kappa shape index (κ2) is 3.05. The van der Waals surface area contributed by atoms with Crippen molar-refractivity contribution in [1.82, 2.24) is 0 Å². The summed E-state index contributed by atoms with van der Waals surface area (Å²) in [6.45, 7) is 0. The molecule has 0 spiro atoms. The van der Waals surface area contributed by atoms with E-state index in [1.165, 1.54) is 0 Å². The number of nitro groups is 1. The summed E-state index contributed by atoms with van der Waals surface area (Å²) in [5.74, 6) is -1.00. The van der Waals surface area contributed by atoms with E-state index in [1.807, 2.05) is 0 Å². The Morgan fingerprint density at radius 3 is 2.69 bits per heavy atom. The molecule has 0 aliphatic heterocycles. The highest BCUT2D eigenvalue weighted by Crippen LogP contribution is 2.14. The number of carbonyl (C=O) groups excluding carboxylic acids is 1. The van der Waals surface area contributed by atoms with E-state index in [1.54, 1.807) is 0 Å². The molecule has 1 rings (SSSR count). The summed E-state index contributed by atoms with van der Waals surface area (Å²) in [6, 6.07) is 0.924. The lowest BCUT2D eigenvalue weighted by molar-refractivity contribution is -0.606. The fourth-order valence-electron chi connectivity index (χ4n) is 0.819. The second-order valence-corrected chi connectivity index (χ2v) is 2.23. The van der Waals surface area contributed by atoms with Crippen molar-refractivity contribution in [2.75, 3.05) is 0 Å². The van der Waals surface area contributed by atoms with E-state index in [9.17, 15) is 20.1 Å². The van der Waals surface area contributed by atoms with Crippen LogP contribution in [0.3, 0.4) is 0 Å². The summed E-state index contributed by atoms with van der Waals surface area (Å²) in [4.78, 5) is 20.2. The molecule has 68 valence electrons. The molecule has 0 fully saturated rings. The van der Waals surface area contributed by atoms with Gasteiger partial charge in [-0.05, 0) is 0 Å². The lowest BCUT2D eigenvalue weighted by Gasteiger charge is -1.98. The summed E-state index contributed by atoms with van der Waals surface area (Å²) >= 11 is 0. The Morgan fingerprint density at radius 2 is 2.23 bits per heavy atom. The van der Waals surface area contributed by atoms with Crippen molar-refractivity contribution in [2.45, 2.75) is 0 Å². The van der Waals surface area contributed by atoms with Gasteiger partial charge in [-0.2, -0.15) is 4.73 Å². The first-order chi connectivity index (χ1) is 6.02. The van der Waals surface area contributed by atoms with Gasteiger partial charge in [-0.15, -0.1) is 0 Å². The van der Waals surface area contributed by atoms with Crippen LogP contribution in [0.5, 0.6) is 0 Å². The van der Waals surface area contributed by atoms with Crippen molar-refractivity contribution < 1.29 is 14.4 Å². The van der Waals surface area contributed by atoms with Gasteiger partial charge in [0.05, 0.1) is 11.0 Å². The molecule has 0 unspecified atom stereocenters. The van der Waals surface area contributed by atoms with E-state index in [-0.39, 0.29) is 4.73 Å². The maximum absolute atomic E-state index is 10.7. The normalized spacial score (nSPS) is 9.54. The average Bonchev–Trinajstić information content (AvgIpc) is 2.03. The van der Waals surface area contributed by atoms with Gasteiger partial charge < -0.3 is 10.9 Å². The number of pyridine rings is 1. The van der Waals surface area contributed by atoms with Crippen LogP contribution in [0.4, 0.5) is 5.69 Å². The molecule has 1 aromatic rings. The quantitative estimate of drug-likeness (QED) is 0.283. The maximum atomic E-state index is 10.7. The molecule has 0 aliphatic carbocycles. The number of rotatable bonds is 2. The minimum absolute atomic E-state index is 0.271. The predicted octanol–water partition coefficient (Wildman–Crippen LogP) is -0.673. The number of amides is 1. The van der Waals surface area contributed by atoms with Crippen molar-refractivity contribution >= 4 is 11.6 Å². The lowest BCUT2D eigenvalue weighted by atomic mass is 10.2. The molecule has 1 amide bonds. The summed E-state index contributed by atoms with van der Waals surface area (Å²) in [6.07, 6.45) is 1.69. The Bertz CT molecular complexity index is 376. The van der Waals surface area contributed by atoms with Crippen LogP contribution in [-0.2, 0) is 0 Å². The molecule has 0 bridgehead atoms. The number of aromatic nitrogens is 1. The number of carbonyl (C=O) groups is 1. The number of hydrogen-bond acceptors (Lipinski definition) is 4. The predicted molar refractivity (Wildman–Crippen MR) is 40.6 cm³/mol. The molecule has 0 saturated heterocycles. The van der Waals surface area contributed by atoms with Gasteiger partial charge in [-0.3, -0.25) is 14.9 Å². The van der Waals surface area contributed by atoms with Crippen LogP contribution in [0, 0.1) is 15.3 Å². The molecule has 7 nitrogen and oxygen atoms in total. The molecular weight excluding hydrogens is 178 g/mol. The van der Waals surface area contributed by atoms with Crippen LogP contribution in [0.15, 0.2) is 18.5 Å². The fourth-order valence-corrected chi connectivity index (χ4v) is 0.819. The molecule has 7 heteroatoms. The zero-order valence-corrected chi connectivity index (χ0v) is 6.34. The molecular formula is C6H5N3O4. The Morgan fingerprint density at radius 1 is 1.62 bits per heavy atom. The standard InChI is InChI=1S/C6H5N3O4/c7-6(10)4-3-8(11)2-1-5(4)9(12)13/h1-3H,(H2,7,10). The smallest absolute Gasteiger partial charge is 0.294 e. The third-order valence-electron chi connectivity index (χ3n) is 1.37. The minimum Gasteiger partial charge on any atom is -0.619 e. The molecule has 13 heavy (non-hydrogen) atoms. The van der Waals surface area contributed by atoms with Gasteiger partial charge in [0.1, 0.15) is 0 Å². The first-order valence-electron chi connectivity index (χ1n) is 3.19. The van der Waals surface area contributed by atoms with E-state index in [4.69, 9.17) is 5.73 Å². The van der Waals surface area contributed by atoms with Gasteiger partial charge in [0.15, 0.2) is 18.0 Å². The zero-order valence-electron chi connectivity index (χ0n) is 6.34. The van der Waals surface area contributed by atoms with Gasteiger partial charge in [0.2, 0.25) is 0 Å². The van der Waals surface area contributed by atoms with Crippen molar-refractivity contribution in [1.29, 1.82) is 0 Å². The first-order valence-corrected chi connectivity index (χ1v) is 3.19. The third kappa shape index (κ3) is 1.70. The molecule has 0 radical (unpaired) electrons. The summed E-state index contributed by atoms with van der Waals surface area (Å²) in [5.41, 5.74) is 3.95. The molecule has 2 N–H and O–H groups in total. The Balaban J connectivity index is 3.35. The third-order valence-corrected chi connectivity index (χ3v) is 1.37. The summed E-state index contributed by atoms with van der Waals surface area (Å²) in [5, 5.41) is 21.0. The molecule has 0 atom stereocenters. The molecule has 0 aromatic carbocycles. The average molecular weight is 183 g/mol. The van der Waals surface area contributed by atoms with Crippen LogP contribution in [0.1, 0.15) is 10.4 Å². The second-order valence-electron chi connectivity index (χ2n) is 2.23. The topological polar surface area (TPSA) is 113 Å². The molecule has 0 saturated carbocycles. The van der Waals surface area contributed by atoms with E-state index in [0.29, 0.717) is 0 Å². The highest BCUT2D eigenvalue weighted by atomic mass is 16.6. The van der Waals surface area contributed by atoms with E-state index in [2.05, 4.69) is 0 Å². The SMILES string of the molecule is NC(=O)c1c[n+]([O-])ccc1[N+](=O)[O-]. The Labute approximate surface area is 72.1 Å². The highest BCUT2D eigenvalue weighted by Gasteiger charge is 2.20. The number of nitrogens with two attached hydrogens (primary N) is 1. The molecule has 1 heterocycles. The Hall–Kier alpha value is -2.18. The molecule has 0 aliphatic rings. The van der Waals surface area contributed by atoms with Crippen molar-refractivity contribution in [3.63, 3.8) is 0 Å². The van der Waals surface area contributed by atoms with Crippen molar-refractivity contribution in [3.05, 3.63) is 39.3 Å². The first kappa shape index (κ1) is 8.91.